The number of benzene rings is 2. The Morgan fingerprint density at radius 2 is 1.75 bits per heavy atom. The van der Waals surface area contributed by atoms with Crippen LogP contribution in [-0.2, 0) is 26.0 Å². The van der Waals surface area contributed by atoms with Gasteiger partial charge in [0.25, 0.3) is 10.0 Å². The van der Waals surface area contributed by atoms with E-state index in [1.807, 2.05) is 0 Å². The SMILES string of the molecule is COC(=O)Cc1ccc(NS(=O)(=O)c2ccc(OC)cc2C)cc1. The van der Waals surface area contributed by atoms with Gasteiger partial charge < -0.3 is 9.47 Å². The van der Waals surface area contributed by atoms with E-state index in [1.165, 1.54) is 20.3 Å². The molecular weight excluding hydrogens is 330 g/mol. The first-order valence-electron chi connectivity index (χ1n) is 7.19. The summed E-state index contributed by atoms with van der Waals surface area (Å²) in [5, 5.41) is 0. The summed E-state index contributed by atoms with van der Waals surface area (Å²) in [4.78, 5) is 11.4. The van der Waals surface area contributed by atoms with E-state index in [2.05, 4.69) is 9.46 Å². The van der Waals surface area contributed by atoms with Crippen molar-refractivity contribution in [1.29, 1.82) is 0 Å². The van der Waals surface area contributed by atoms with Crippen LogP contribution in [0.4, 0.5) is 5.69 Å². The molecule has 7 heteroatoms. The predicted octanol–water partition coefficient (Wildman–Crippen LogP) is 2.52. The van der Waals surface area contributed by atoms with Crippen LogP contribution in [0.1, 0.15) is 11.1 Å². The summed E-state index contributed by atoms with van der Waals surface area (Å²) in [5.74, 6) is 0.246. The van der Waals surface area contributed by atoms with Gasteiger partial charge in [-0.1, -0.05) is 12.1 Å². The van der Waals surface area contributed by atoms with Crippen molar-refractivity contribution in [1.82, 2.24) is 0 Å². The molecule has 0 amide bonds. The monoisotopic (exact) mass is 349 g/mol. The molecule has 2 rings (SSSR count). The molecule has 0 heterocycles. The summed E-state index contributed by atoms with van der Waals surface area (Å²) in [7, 11) is -0.860. The van der Waals surface area contributed by atoms with Crippen LogP contribution < -0.4 is 9.46 Å². The molecule has 0 aliphatic carbocycles. The van der Waals surface area contributed by atoms with Crippen molar-refractivity contribution in [2.45, 2.75) is 18.2 Å². The quantitative estimate of drug-likeness (QED) is 0.811. The third-order valence-corrected chi connectivity index (χ3v) is 5.00. The third kappa shape index (κ3) is 4.26. The van der Waals surface area contributed by atoms with E-state index < -0.39 is 10.0 Å². The fourth-order valence-corrected chi connectivity index (χ4v) is 3.48. The number of hydrogen-bond donors (Lipinski definition) is 1. The van der Waals surface area contributed by atoms with Crippen LogP contribution >= 0.6 is 0 Å². The van der Waals surface area contributed by atoms with Crippen LogP contribution in [-0.4, -0.2) is 28.6 Å². The van der Waals surface area contributed by atoms with Gasteiger partial charge in [-0.05, 0) is 48.4 Å². The number of carbonyl (C=O) groups is 1. The number of esters is 1. The maximum atomic E-state index is 12.5. The van der Waals surface area contributed by atoms with Gasteiger partial charge >= 0.3 is 5.97 Å². The largest absolute Gasteiger partial charge is 0.497 e. The molecule has 0 fully saturated rings. The van der Waals surface area contributed by atoms with Gasteiger partial charge in [-0.2, -0.15) is 0 Å². The summed E-state index contributed by atoms with van der Waals surface area (Å²) >= 11 is 0. The fraction of sp³-hybridized carbons (Fsp3) is 0.235. The lowest BCUT2D eigenvalue weighted by Crippen LogP contribution is -2.14. The smallest absolute Gasteiger partial charge is 0.309 e. The summed E-state index contributed by atoms with van der Waals surface area (Å²) in [6.45, 7) is 1.70. The Morgan fingerprint density at radius 3 is 2.29 bits per heavy atom. The van der Waals surface area contributed by atoms with E-state index in [1.54, 1.807) is 43.3 Å². The van der Waals surface area contributed by atoms with Crippen LogP contribution in [0.5, 0.6) is 5.75 Å². The number of nitrogens with one attached hydrogen (secondary N) is 1. The lowest BCUT2D eigenvalue weighted by atomic mass is 10.1. The van der Waals surface area contributed by atoms with Gasteiger partial charge in [-0.15, -0.1) is 0 Å². The van der Waals surface area contributed by atoms with Crippen LogP contribution in [0.15, 0.2) is 47.4 Å². The maximum Gasteiger partial charge on any atom is 0.309 e. The summed E-state index contributed by atoms with van der Waals surface area (Å²) in [5.41, 5.74) is 1.74. The van der Waals surface area contributed by atoms with Crippen molar-refractivity contribution < 1.29 is 22.7 Å². The first kappa shape index (κ1) is 17.8. The minimum atomic E-state index is -3.71. The number of methoxy groups -OCH3 is 2. The van der Waals surface area contributed by atoms with Crippen molar-refractivity contribution in [3.63, 3.8) is 0 Å². The summed E-state index contributed by atoms with van der Waals surface area (Å²) < 4.78 is 37.2. The summed E-state index contributed by atoms with van der Waals surface area (Å²) in [6, 6.07) is 11.3. The lowest BCUT2D eigenvalue weighted by molar-refractivity contribution is -0.139. The Hall–Kier alpha value is -2.54. The average molecular weight is 349 g/mol. The standard InChI is InChI=1S/C17H19NO5S/c1-12-10-15(22-2)8-9-16(12)24(20,21)18-14-6-4-13(5-7-14)11-17(19)23-3/h4-10,18H,11H2,1-3H3. The molecule has 0 saturated carbocycles. The van der Waals surface area contributed by atoms with E-state index in [9.17, 15) is 13.2 Å². The molecule has 0 saturated heterocycles. The van der Waals surface area contributed by atoms with Gasteiger partial charge in [0.05, 0.1) is 25.5 Å². The van der Waals surface area contributed by atoms with E-state index in [4.69, 9.17) is 4.74 Å². The Labute approximate surface area is 141 Å². The second-order valence-corrected chi connectivity index (χ2v) is 6.84. The molecule has 6 nitrogen and oxygen atoms in total. The molecule has 24 heavy (non-hydrogen) atoms. The number of rotatable bonds is 6. The molecule has 0 aromatic heterocycles. The lowest BCUT2D eigenvalue weighted by Gasteiger charge is -2.12. The number of aryl methyl sites for hydroxylation is 1. The second-order valence-electron chi connectivity index (χ2n) is 5.19. The molecular formula is C17H19NO5S. The number of ether oxygens (including phenoxy) is 2. The minimum absolute atomic E-state index is 0.140. The number of sulfonamides is 1. The van der Waals surface area contributed by atoms with Crippen LogP contribution in [0.25, 0.3) is 0 Å². The van der Waals surface area contributed by atoms with Crippen LogP contribution in [0.2, 0.25) is 0 Å². The van der Waals surface area contributed by atoms with Gasteiger partial charge in [-0.25, -0.2) is 8.42 Å². The number of hydrogen-bond acceptors (Lipinski definition) is 5. The van der Waals surface area contributed by atoms with E-state index in [0.29, 0.717) is 17.0 Å². The molecule has 0 atom stereocenters. The zero-order chi connectivity index (χ0) is 17.7. The maximum absolute atomic E-state index is 12.5. The van der Waals surface area contributed by atoms with Crippen molar-refractivity contribution in [2.75, 3.05) is 18.9 Å². The molecule has 0 spiro atoms. The molecule has 2 aromatic rings. The number of anilines is 1. The van der Waals surface area contributed by atoms with Gasteiger partial charge in [0, 0.05) is 5.69 Å². The van der Waals surface area contributed by atoms with Crippen LogP contribution in [0.3, 0.4) is 0 Å². The highest BCUT2D eigenvalue weighted by atomic mass is 32.2. The molecule has 0 aliphatic heterocycles. The predicted molar refractivity (Wildman–Crippen MR) is 90.7 cm³/mol. The molecule has 0 unspecified atom stereocenters. The molecule has 128 valence electrons. The number of carbonyl (C=O) groups excluding carboxylic acids is 1. The van der Waals surface area contributed by atoms with Crippen molar-refractivity contribution >= 4 is 21.7 Å². The zero-order valence-electron chi connectivity index (χ0n) is 13.7. The van der Waals surface area contributed by atoms with Gasteiger partial charge in [0.2, 0.25) is 0 Å². The Morgan fingerprint density at radius 1 is 1.08 bits per heavy atom. The van der Waals surface area contributed by atoms with Crippen molar-refractivity contribution in [2.24, 2.45) is 0 Å². The van der Waals surface area contributed by atoms with Crippen LogP contribution in [0, 0.1) is 6.92 Å². The molecule has 1 N–H and O–H groups in total. The average Bonchev–Trinajstić information content (AvgIpc) is 2.55. The van der Waals surface area contributed by atoms with Crippen molar-refractivity contribution in [3.8, 4) is 5.75 Å². The molecule has 0 radical (unpaired) electrons. The first-order valence-corrected chi connectivity index (χ1v) is 8.67. The van der Waals surface area contributed by atoms with E-state index in [0.717, 1.165) is 5.56 Å². The topological polar surface area (TPSA) is 81.7 Å². The molecule has 0 bridgehead atoms. The second kappa shape index (κ2) is 7.35. The highest BCUT2D eigenvalue weighted by molar-refractivity contribution is 7.92. The highest BCUT2D eigenvalue weighted by Crippen LogP contribution is 2.23. The normalized spacial score (nSPS) is 11.0. The third-order valence-electron chi connectivity index (χ3n) is 3.45. The Kier molecular flexibility index (Phi) is 5.46. The molecule has 0 aliphatic rings. The summed E-state index contributed by atoms with van der Waals surface area (Å²) in [6.07, 6.45) is 0.140. The minimum Gasteiger partial charge on any atom is -0.497 e. The Bertz CT molecular complexity index is 829. The van der Waals surface area contributed by atoms with Gasteiger partial charge in [0.1, 0.15) is 5.75 Å². The van der Waals surface area contributed by atoms with Gasteiger partial charge in [0.15, 0.2) is 0 Å². The highest BCUT2D eigenvalue weighted by Gasteiger charge is 2.17. The van der Waals surface area contributed by atoms with E-state index in [-0.39, 0.29) is 17.3 Å². The van der Waals surface area contributed by atoms with E-state index >= 15 is 0 Å². The van der Waals surface area contributed by atoms with Gasteiger partial charge in [-0.3, -0.25) is 9.52 Å². The fourth-order valence-electron chi connectivity index (χ4n) is 2.19. The van der Waals surface area contributed by atoms with Crippen molar-refractivity contribution in [3.05, 3.63) is 53.6 Å². The molecule has 2 aromatic carbocycles. The Balaban J connectivity index is 2.18. The zero-order valence-corrected chi connectivity index (χ0v) is 14.5. The first-order chi connectivity index (χ1) is 11.4.